The minimum absolute atomic E-state index is 0. The van der Waals surface area contributed by atoms with Crippen LogP contribution in [0, 0.1) is 12.3 Å². The van der Waals surface area contributed by atoms with Gasteiger partial charge in [-0.15, -0.1) is 6.42 Å². The third kappa shape index (κ3) is 15.2. The number of benzene rings is 6. The molecule has 6 N–H and O–H groups in total. The second-order valence-corrected chi connectivity index (χ2v) is 24.2. The van der Waals surface area contributed by atoms with Crippen LogP contribution in [0.5, 0.6) is 34.5 Å². The summed E-state index contributed by atoms with van der Waals surface area (Å²) in [5, 5.41) is 16.7. The van der Waals surface area contributed by atoms with E-state index in [9.17, 15) is 14.4 Å². The van der Waals surface area contributed by atoms with Crippen LogP contribution in [-0.4, -0.2) is 156 Å². The second-order valence-electron chi connectivity index (χ2n) is 24.2. The molecule has 15 rings (SSSR count). The number of carbonyl (C=O) groups excluding carboxylic acids is 3. The van der Waals surface area contributed by atoms with Crippen LogP contribution in [-0.2, 0) is 14.4 Å². The van der Waals surface area contributed by atoms with E-state index in [0.717, 1.165) is 71.2 Å². The molecule has 12 aromatic rings. The quantitative estimate of drug-likeness (QED) is 0.0598. The Kier molecular flexibility index (Phi) is 20.7. The number of rotatable bonds is 16. The average molecular weight is 1350 g/mol. The summed E-state index contributed by atoms with van der Waals surface area (Å²) < 4.78 is 23.3. The number of para-hydroxylation sites is 3. The summed E-state index contributed by atoms with van der Waals surface area (Å²) in [4.78, 5) is 69.8. The van der Waals surface area contributed by atoms with E-state index in [0.29, 0.717) is 113 Å². The number of nitrogen functional groups attached to an aromatic ring is 3. The van der Waals surface area contributed by atoms with Gasteiger partial charge in [0.1, 0.15) is 88.0 Å². The largest absolute Gasteiger partial charge is 0.457 e. The molecule has 3 aliphatic heterocycles. The summed E-state index contributed by atoms with van der Waals surface area (Å²) in [6.07, 6.45) is 16.8. The van der Waals surface area contributed by atoms with Gasteiger partial charge in [-0.3, -0.25) is 14.4 Å². The molecule has 510 valence electrons. The van der Waals surface area contributed by atoms with Crippen LogP contribution in [0.4, 0.5) is 17.5 Å². The second kappa shape index (κ2) is 30.7. The summed E-state index contributed by atoms with van der Waals surface area (Å²) in [6.45, 7) is 7.79. The van der Waals surface area contributed by atoms with E-state index in [4.69, 9.17) is 53.1 Å². The molecule has 0 aliphatic carbocycles. The number of fused-ring (bicyclic) bond motifs is 3. The van der Waals surface area contributed by atoms with E-state index in [2.05, 4.69) is 42.4 Å². The fraction of sp³-hybridized carbons (Fsp3) is 0.211. The molecule has 25 heteroatoms. The number of likely N-dealkylation sites (tertiary alicyclic amines) is 3. The van der Waals surface area contributed by atoms with Crippen LogP contribution in [0.1, 0.15) is 44.8 Å². The van der Waals surface area contributed by atoms with Crippen molar-refractivity contribution in [1.29, 1.82) is 0 Å². The molecule has 3 unspecified atom stereocenters. The standard InChI is InChI=1S/C27H29N7O2.C24H22N6O2.C24H20N6O2.CH4/c1-32(2)15-6-9-23(35)33-16-14-20(17-33)34-27-24(26(28)29-18-30-27)25(31-34)19-10-12-22(13-11-19)36-21-7-4-3-5-8-21;2*1-2-20(31)29-13-12-17(14-29)30-24-21(23(25)26-15-27-24)22(28-30)16-8-10-19(11-9-16)32-18-6-4-3-5-7-18;/h3-13,18,20H,14-17H2,1-2H3,(H2,28,29,30);2-11,15,17H,1,12-14H2,(H2,25,26,27);1,3-11,15,17H,12-14H2,(H2,25,26,27);1H4/b9-6+;;;. The maximum absolute atomic E-state index is 12.6. The topological polar surface area (TPSA) is 301 Å². The van der Waals surface area contributed by atoms with Gasteiger partial charge in [0, 0.05) is 68.6 Å². The van der Waals surface area contributed by atoms with Crippen molar-refractivity contribution in [2.24, 2.45) is 0 Å². The zero-order valence-corrected chi connectivity index (χ0v) is 55.0. The zero-order chi connectivity index (χ0) is 69.2. The fourth-order valence-electron chi connectivity index (χ4n) is 12.4. The number of nitrogens with zero attached hydrogens (tertiary/aromatic N) is 16. The van der Waals surface area contributed by atoms with E-state index in [1.54, 1.807) is 15.9 Å². The number of aromatic nitrogens is 12. The summed E-state index contributed by atoms with van der Waals surface area (Å²) in [5.74, 6) is 7.38. The van der Waals surface area contributed by atoms with Gasteiger partial charge in [0.2, 0.25) is 11.8 Å². The molecule has 25 nitrogen and oxygen atoms in total. The molecular formula is C76H75N19O6. The fourth-order valence-corrected chi connectivity index (χ4v) is 12.4. The van der Waals surface area contributed by atoms with Crippen molar-refractivity contribution in [3.8, 4) is 80.6 Å². The first kappa shape index (κ1) is 68.1. The van der Waals surface area contributed by atoms with E-state index in [1.165, 1.54) is 25.1 Å². The van der Waals surface area contributed by atoms with Gasteiger partial charge in [0.25, 0.3) is 5.91 Å². The van der Waals surface area contributed by atoms with Gasteiger partial charge in [-0.05, 0) is 155 Å². The molecule has 101 heavy (non-hydrogen) atoms. The predicted octanol–water partition coefficient (Wildman–Crippen LogP) is 11.5. The number of carbonyl (C=O) groups is 3. The number of hydrogen-bond donors (Lipinski definition) is 3. The highest BCUT2D eigenvalue weighted by Crippen LogP contribution is 2.39. The Morgan fingerprint density at radius 1 is 0.485 bits per heavy atom. The van der Waals surface area contributed by atoms with Crippen LogP contribution in [0.3, 0.4) is 0 Å². The van der Waals surface area contributed by atoms with Gasteiger partial charge >= 0.3 is 0 Å². The van der Waals surface area contributed by atoms with Crippen molar-refractivity contribution in [2.45, 2.75) is 44.8 Å². The highest BCUT2D eigenvalue weighted by atomic mass is 16.5. The van der Waals surface area contributed by atoms with E-state index in [1.807, 2.05) is 208 Å². The maximum Gasteiger partial charge on any atom is 0.298 e. The molecule has 0 saturated carbocycles. The SMILES string of the molecule is C.C#CC(=O)N1CCC(n2nc(-c3ccc(Oc4ccccc4)cc3)c3c(N)ncnc32)C1.C=CC(=O)N1CCC(n2nc(-c3ccc(Oc4ccccc4)cc3)c3c(N)ncnc32)C1.CN(C)C/C=C/C(=O)N1CCC(n2nc(-c3ccc(Oc4ccccc4)cc3)c3c(N)ncnc32)C1. The number of likely N-dealkylation sites (N-methyl/N-ethyl adjacent to an activating group) is 1. The lowest BCUT2D eigenvalue weighted by molar-refractivity contribution is -0.125. The maximum atomic E-state index is 12.6. The number of ether oxygens (including phenoxy) is 3. The molecule has 6 aromatic carbocycles. The van der Waals surface area contributed by atoms with Gasteiger partial charge in [-0.25, -0.2) is 43.9 Å². The minimum atomic E-state index is -0.313. The number of terminal acetylenes is 1. The molecular weight excluding hydrogens is 1270 g/mol. The van der Waals surface area contributed by atoms with E-state index < -0.39 is 0 Å². The molecule has 3 saturated heterocycles. The van der Waals surface area contributed by atoms with Gasteiger partial charge < -0.3 is 51.0 Å². The number of hydrogen-bond acceptors (Lipinski definition) is 19. The zero-order valence-electron chi connectivity index (χ0n) is 55.0. The first-order valence-corrected chi connectivity index (χ1v) is 32.5. The Labute approximate surface area is 583 Å². The monoisotopic (exact) mass is 1350 g/mol. The molecule has 0 radical (unpaired) electrons. The van der Waals surface area contributed by atoms with Gasteiger partial charge in [-0.1, -0.05) is 74.7 Å². The van der Waals surface area contributed by atoms with Crippen molar-refractivity contribution < 1.29 is 28.6 Å². The first-order chi connectivity index (χ1) is 48.8. The number of anilines is 3. The molecule has 0 bridgehead atoms. The minimum Gasteiger partial charge on any atom is -0.457 e. The molecule has 3 fully saturated rings. The van der Waals surface area contributed by atoms with Crippen molar-refractivity contribution in [1.82, 2.24) is 78.8 Å². The van der Waals surface area contributed by atoms with Crippen LogP contribution in [0.2, 0.25) is 0 Å². The van der Waals surface area contributed by atoms with Crippen molar-refractivity contribution >= 4 is 68.3 Å². The highest BCUT2D eigenvalue weighted by Gasteiger charge is 2.34. The molecule has 0 spiro atoms. The molecule has 3 amide bonds. The normalized spacial score (nSPS) is 15.6. The Balaban J connectivity index is 0.000000143. The van der Waals surface area contributed by atoms with Crippen LogP contribution in [0.25, 0.3) is 66.9 Å². The Bertz CT molecular complexity index is 4980. The lowest BCUT2D eigenvalue weighted by Gasteiger charge is -2.15. The number of nitrogens with two attached hydrogens (primary N) is 3. The van der Waals surface area contributed by atoms with E-state index in [-0.39, 0.29) is 43.3 Å². The lowest BCUT2D eigenvalue weighted by atomic mass is 10.1. The van der Waals surface area contributed by atoms with Gasteiger partial charge in [0.05, 0.1) is 34.3 Å². The molecule has 9 heterocycles. The van der Waals surface area contributed by atoms with Crippen LogP contribution in [0.15, 0.2) is 208 Å². The number of amides is 3. The Hall–Kier alpha value is -12.8. The Morgan fingerprint density at radius 3 is 1.13 bits per heavy atom. The van der Waals surface area contributed by atoms with Gasteiger partial charge in [-0.2, -0.15) is 15.3 Å². The van der Waals surface area contributed by atoms with Crippen LogP contribution >= 0.6 is 0 Å². The predicted molar refractivity (Wildman–Crippen MR) is 389 cm³/mol. The van der Waals surface area contributed by atoms with Crippen molar-refractivity contribution in [2.75, 3.05) is 77.1 Å². The summed E-state index contributed by atoms with van der Waals surface area (Å²) in [7, 11) is 3.94. The smallest absolute Gasteiger partial charge is 0.298 e. The average Bonchev–Trinajstić information content (AvgIpc) is 1.62. The van der Waals surface area contributed by atoms with Crippen molar-refractivity contribution in [3.63, 3.8) is 0 Å². The van der Waals surface area contributed by atoms with Crippen LogP contribution < -0.4 is 31.4 Å². The van der Waals surface area contributed by atoms with E-state index >= 15 is 0 Å². The molecule has 3 aliphatic rings. The summed E-state index contributed by atoms with van der Waals surface area (Å²) >= 11 is 0. The third-order valence-electron chi connectivity index (χ3n) is 17.3. The first-order valence-electron chi connectivity index (χ1n) is 32.5. The third-order valence-corrected chi connectivity index (χ3v) is 17.3. The summed E-state index contributed by atoms with van der Waals surface area (Å²) in [5.41, 5.74) is 25.4. The molecule has 3 atom stereocenters. The molecule has 6 aromatic heterocycles. The Morgan fingerprint density at radius 2 is 0.802 bits per heavy atom. The lowest BCUT2D eigenvalue weighted by Crippen LogP contribution is -2.28. The van der Waals surface area contributed by atoms with Crippen molar-refractivity contribution in [3.05, 3.63) is 208 Å². The highest BCUT2D eigenvalue weighted by molar-refractivity contribution is 6.01. The summed E-state index contributed by atoms with van der Waals surface area (Å²) in [6, 6.07) is 51.8. The van der Waals surface area contributed by atoms with Gasteiger partial charge in [0.15, 0.2) is 16.9 Å².